The van der Waals surface area contributed by atoms with Crippen molar-refractivity contribution in [3.8, 4) is 0 Å². The van der Waals surface area contributed by atoms with Crippen molar-refractivity contribution in [1.29, 1.82) is 0 Å². The molecule has 1 saturated heterocycles. The summed E-state index contributed by atoms with van der Waals surface area (Å²) in [6, 6.07) is 16.8. The van der Waals surface area contributed by atoms with Crippen LogP contribution >= 0.6 is 0 Å². The van der Waals surface area contributed by atoms with Crippen LogP contribution in [0.15, 0.2) is 59.5 Å². The number of anilines is 1. The number of carbonyl (C=O) groups is 1. The van der Waals surface area contributed by atoms with E-state index in [2.05, 4.69) is 4.90 Å². The van der Waals surface area contributed by atoms with Crippen molar-refractivity contribution in [3.05, 3.63) is 60.2 Å². The predicted molar refractivity (Wildman–Crippen MR) is 120 cm³/mol. The fourth-order valence-electron chi connectivity index (χ4n) is 3.70. The molecule has 1 amide bonds. The topological polar surface area (TPSA) is 60.9 Å². The van der Waals surface area contributed by atoms with E-state index in [1.165, 1.54) is 0 Å². The van der Waals surface area contributed by atoms with Crippen LogP contribution in [0.5, 0.6) is 0 Å². The summed E-state index contributed by atoms with van der Waals surface area (Å²) < 4.78 is 28.3. The molecule has 0 saturated carbocycles. The Morgan fingerprint density at radius 2 is 1.57 bits per heavy atom. The fraction of sp³-hybridized carbons (Fsp3) is 0.435. The van der Waals surface area contributed by atoms with Gasteiger partial charge in [0.1, 0.15) is 0 Å². The molecule has 162 valence electrons. The molecule has 0 bridgehead atoms. The normalized spacial score (nSPS) is 15.1. The van der Waals surface area contributed by atoms with Crippen LogP contribution in [0.4, 0.5) is 5.69 Å². The van der Waals surface area contributed by atoms with Gasteiger partial charge in [0, 0.05) is 51.9 Å². The first-order chi connectivity index (χ1) is 14.3. The third-order valence-corrected chi connectivity index (χ3v) is 7.16. The molecule has 0 unspecified atom stereocenters. The van der Waals surface area contributed by atoms with Crippen molar-refractivity contribution < 1.29 is 13.2 Å². The molecule has 0 spiro atoms. The second-order valence-electron chi connectivity index (χ2n) is 8.16. The molecule has 30 heavy (non-hydrogen) atoms. The van der Waals surface area contributed by atoms with Crippen molar-refractivity contribution in [1.82, 2.24) is 9.21 Å². The van der Waals surface area contributed by atoms with E-state index in [4.69, 9.17) is 0 Å². The number of hydrogen-bond donors (Lipinski definition) is 0. The Morgan fingerprint density at radius 1 is 0.967 bits per heavy atom. The van der Waals surface area contributed by atoms with Crippen LogP contribution in [0.3, 0.4) is 0 Å². The first-order valence-electron chi connectivity index (χ1n) is 10.4. The van der Waals surface area contributed by atoms with Gasteiger partial charge in [0.15, 0.2) is 0 Å². The smallest absolute Gasteiger partial charge is 0.243 e. The van der Waals surface area contributed by atoms with E-state index in [1.807, 2.05) is 61.2 Å². The molecule has 0 aliphatic carbocycles. The number of benzene rings is 2. The monoisotopic (exact) mass is 429 g/mol. The lowest BCUT2D eigenvalue weighted by atomic mass is 10.2. The Hall–Kier alpha value is -2.38. The van der Waals surface area contributed by atoms with Crippen LogP contribution in [0.25, 0.3) is 0 Å². The lowest BCUT2D eigenvalue weighted by Crippen LogP contribution is -2.48. The highest BCUT2D eigenvalue weighted by Crippen LogP contribution is 2.24. The fourth-order valence-corrected chi connectivity index (χ4v) is 5.29. The summed E-state index contributed by atoms with van der Waals surface area (Å²) in [5, 5.41) is 0. The van der Waals surface area contributed by atoms with E-state index in [1.54, 1.807) is 23.4 Å². The average Bonchev–Trinajstić information content (AvgIpc) is 2.74. The minimum atomic E-state index is -3.60. The van der Waals surface area contributed by atoms with E-state index in [0.717, 1.165) is 24.3 Å². The molecule has 2 aromatic rings. The van der Waals surface area contributed by atoms with Crippen molar-refractivity contribution in [2.75, 3.05) is 37.6 Å². The molecule has 0 aromatic heterocycles. The Balaban J connectivity index is 1.76. The quantitative estimate of drug-likeness (QED) is 0.678. The van der Waals surface area contributed by atoms with Gasteiger partial charge < -0.3 is 9.80 Å². The van der Waals surface area contributed by atoms with E-state index >= 15 is 0 Å². The van der Waals surface area contributed by atoms with E-state index in [-0.39, 0.29) is 11.8 Å². The van der Waals surface area contributed by atoms with E-state index in [0.29, 0.717) is 31.1 Å². The second-order valence-corrected chi connectivity index (χ2v) is 10.1. The Bertz CT molecular complexity index is 935. The van der Waals surface area contributed by atoms with Gasteiger partial charge in [-0.1, -0.05) is 44.2 Å². The molecule has 1 fully saturated rings. The van der Waals surface area contributed by atoms with Crippen LogP contribution in [0.2, 0.25) is 0 Å². The standard InChI is InChI=1S/C23H31N3O3S/c1-19(2)17-26(18-21-7-5-4-6-8-21)30(28,29)23-11-9-22(10-12-23)25-15-13-24(14-16-25)20(3)27/h4-12,19H,13-18H2,1-3H3. The number of hydrogen-bond acceptors (Lipinski definition) is 4. The van der Waals surface area contributed by atoms with Gasteiger partial charge in [-0.05, 0) is 35.7 Å². The Labute approximate surface area is 180 Å². The number of rotatable bonds is 7. The van der Waals surface area contributed by atoms with Gasteiger partial charge in [-0.25, -0.2) is 8.42 Å². The zero-order valence-corrected chi connectivity index (χ0v) is 18.8. The Kier molecular flexibility index (Phi) is 7.15. The maximum absolute atomic E-state index is 13.3. The number of sulfonamides is 1. The number of piperazine rings is 1. The maximum atomic E-state index is 13.3. The highest BCUT2D eigenvalue weighted by Gasteiger charge is 2.26. The van der Waals surface area contributed by atoms with Gasteiger partial charge in [-0.3, -0.25) is 4.79 Å². The van der Waals surface area contributed by atoms with Crippen molar-refractivity contribution >= 4 is 21.6 Å². The van der Waals surface area contributed by atoms with Gasteiger partial charge in [0.2, 0.25) is 15.9 Å². The van der Waals surface area contributed by atoms with Gasteiger partial charge in [0.25, 0.3) is 0 Å². The molecule has 1 aliphatic rings. The minimum Gasteiger partial charge on any atom is -0.368 e. The lowest BCUT2D eigenvalue weighted by Gasteiger charge is -2.35. The molecule has 0 radical (unpaired) electrons. The Morgan fingerprint density at radius 3 is 2.10 bits per heavy atom. The molecule has 2 aromatic carbocycles. The summed E-state index contributed by atoms with van der Waals surface area (Å²) in [6.07, 6.45) is 0. The molecule has 6 nitrogen and oxygen atoms in total. The first kappa shape index (κ1) is 22.3. The van der Waals surface area contributed by atoms with Crippen molar-refractivity contribution in [3.63, 3.8) is 0 Å². The summed E-state index contributed by atoms with van der Waals surface area (Å²) in [5.74, 6) is 0.320. The molecule has 0 atom stereocenters. The summed E-state index contributed by atoms with van der Waals surface area (Å²) in [4.78, 5) is 15.8. The zero-order valence-electron chi connectivity index (χ0n) is 18.0. The zero-order chi connectivity index (χ0) is 21.7. The molecule has 1 heterocycles. The number of amides is 1. The molecular formula is C23H31N3O3S. The highest BCUT2D eigenvalue weighted by molar-refractivity contribution is 7.89. The number of carbonyl (C=O) groups excluding carboxylic acids is 1. The van der Waals surface area contributed by atoms with Crippen LogP contribution in [0.1, 0.15) is 26.3 Å². The summed E-state index contributed by atoms with van der Waals surface area (Å²) in [7, 11) is -3.60. The average molecular weight is 430 g/mol. The van der Waals surface area contributed by atoms with Crippen LogP contribution < -0.4 is 4.90 Å². The number of nitrogens with zero attached hydrogens (tertiary/aromatic N) is 3. The van der Waals surface area contributed by atoms with Gasteiger partial charge in [-0.15, -0.1) is 0 Å². The van der Waals surface area contributed by atoms with Crippen LogP contribution in [-0.2, 0) is 21.4 Å². The third kappa shape index (κ3) is 5.40. The second kappa shape index (κ2) is 9.62. The van der Waals surface area contributed by atoms with Crippen LogP contribution in [0, 0.1) is 5.92 Å². The van der Waals surface area contributed by atoms with Crippen molar-refractivity contribution in [2.45, 2.75) is 32.2 Å². The van der Waals surface area contributed by atoms with Crippen molar-refractivity contribution in [2.24, 2.45) is 5.92 Å². The largest absolute Gasteiger partial charge is 0.368 e. The summed E-state index contributed by atoms with van der Waals surface area (Å²) in [5.41, 5.74) is 1.96. The summed E-state index contributed by atoms with van der Waals surface area (Å²) in [6.45, 7) is 9.34. The maximum Gasteiger partial charge on any atom is 0.243 e. The molecule has 0 N–H and O–H groups in total. The third-order valence-electron chi connectivity index (χ3n) is 5.34. The van der Waals surface area contributed by atoms with Gasteiger partial charge >= 0.3 is 0 Å². The van der Waals surface area contributed by atoms with Gasteiger partial charge in [-0.2, -0.15) is 4.31 Å². The summed E-state index contributed by atoms with van der Waals surface area (Å²) >= 11 is 0. The van der Waals surface area contributed by atoms with Crippen LogP contribution in [-0.4, -0.2) is 56.3 Å². The SMILES string of the molecule is CC(=O)N1CCN(c2ccc(S(=O)(=O)N(Cc3ccccc3)CC(C)C)cc2)CC1. The predicted octanol–water partition coefficient (Wildman–Crippen LogP) is 3.20. The van der Waals surface area contributed by atoms with Gasteiger partial charge in [0.05, 0.1) is 4.90 Å². The first-order valence-corrected chi connectivity index (χ1v) is 11.9. The minimum absolute atomic E-state index is 0.0970. The van der Waals surface area contributed by atoms with E-state index in [9.17, 15) is 13.2 Å². The molecule has 7 heteroatoms. The molecular weight excluding hydrogens is 398 g/mol. The van der Waals surface area contributed by atoms with E-state index < -0.39 is 10.0 Å². The molecule has 1 aliphatic heterocycles. The lowest BCUT2D eigenvalue weighted by molar-refractivity contribution is -0.129. The molecule has 3 rings (SSSR count). The highest BCUT2D eigenvalue weighted by atomic mass is 32.2.